The number of hydrogen-bond acceptors (Lipinski definition) is 2. The highest BCUT2D eigenvalue weighted by Gasteiger charge is 2.20. The van der Waals surface area contributed by atoms with Crippen molar-refractivity contribution in [3.63, 3.8) is 0 Å². The van der Waals surface area contributed by atoms with Gasteiger partial charge in [0.05, 0.1) is 24.2 Å². The molecule has 0 bridgehead atoms. The van der Waals surface area contributed by atoms with Gasteiger partial charge < -0.3 is 15.0 Å². The molecular formula is C17H25BrClN2O2+. The van der Waals surface area contributed by atoms with Gasteiger partial charge in [-0.05, 0) is 44.4 Å². The summed E-state index contributed by atoms with van der Waals surface area (Å²) in [6.45, 7) is 5.41. The summed E-state index contributed by atoms with van der Waals surface area (Å²) in [6, 6.07) is 6.09. The first-order valence-electron chi connectivity index (χ1n) is 8.25. The maximum Gasteiger partial charge on any atom is 0.257 e. The van der Waals surface area contributed by atoms with Gasteiger partial charge in [0, 0.05) is 17.4 Å². The quantitative estimate of drug-likeness (QED) is 0.686. The molecule has 1 heterocycles. The van der Waals surface area contributed by atoms with E-state index in [4.69, 9.17) is 16.3 Å². The number of carbonyl (C=O) groups excluding carboxylic acids is 1. The smallest absolute Gasteiger partial charge is 0.257 e. The summed E-state index contributed by atoms with van der Waals surface area (Å²) in [5.41, 5.74) is 0. The van der Waals surface area contributed by atoms with Crippen molar-refractivity contribution in [2.45, 2.75) is 38.6 Å². The maximum atomic E-state index is 11.8. The number of benzene rings is 1. The van der Waals surface area contributed by atoms with Crippen LogP contribution in [0.2, 0.25) is 5.02 Å². The Balaban J connectivity index is 1.61. The molecule has 1 saturated heterocycles. The lowest BCUT2D eigenvalue weighted by Gasteiger charge is -2.30. The molecule has 1 aliphatic heterocycles. The summed E-state index contributed by atoms with van der Waals surface area (Å²) in [5.74, 6) is 0.419. The molecule has 128 valence electrons. The average molecular weight is 405 g/mol. The van der Waals surface area contributed by atoms with Crippen LogP contribution in [0.3, 0.4) is 0 Å². The second-order valence-electron chi connectivity index (χ2n) is 6.12. The molecule has 6 heteroatoms. The van der Waals surface area contributed by atoms with Gasteiger partial charge in [-0.1, -0.05) is 27.5 Å². The lowest BCUT2D eigenvalue weighted by Crippen LogP contribution is -3.16. The van der Waals surface area contributed by atoms with Gasteiger partial charge in [-0.15, -0.1) is 0 Å². The van der Waals surface area contributed by atoms with E-state index in [0.29, 0.717) is 17.3 Å². The normalized spacial score (nSPS) is 21.0. The summed E-state index contributed by atoms with van der Waals surface area (Å²) in [5, 5.41) is 3.40. The highest BCUT2D eigenvalue weighted by Crippen LogP contribution is 2.27. The zero-order valence-electron chi connectivity index (χ0n) is 13.5. The molecule has 4 nitrogen and oxygen atoms in total. The van der Waals surface area contributed by atoms with Gasteiger partial charge in [0.25, 0.3) is 5.91 Å². The van der Waals surface area contributed by atoms with E-state index in [2.05, 4.69) is 28.2 Å². The molecule has 1 aromatic carbocycles. The lowest BCUT2D eigenvalue weighted by atomic mass is 10.0. The third-order valence-electron chi connectivity index (χ3n) is 4.33. The molecular weight excluding hydrogens is 380 g/mol. The van der Waals surface area contributed by atoms with Crippen LogP contribution < -0.4 is 15.0 Å². The molecule has 0 aromatic heterocycles. The third kappa shape index (κ3) is 6.32. The van der Waals surface area contributed by atoms with Crippen LogP contribution in [0, 0.1) is 0 Å². The van der Waals surface area contributed by atoms with Gasteiger partial charge in [0.15, 0.2) is 6.61 Å². The van der Waals surface area contributed by atoms with Crippen LogP contribution in [-0.4, -0.2) is 38.2 Å². The Kier molecular flexibility index (Phi) is 7.66. The monoisotopic (exact) mass is 403 g/mol. The van der Waals surface area contributed by atoms with Crippen LogP contribution in [0.15, 0.2) is 22.7 Å². The number of halogens is 2. The van der Waals surface area contributed by atoms with E-state index >= 15 is 0 Å². The number of nitrogens with one attached hydrogen (secondary N) is 2. The van der Waals surface area contributed by atoms with Gasteiger partial charge in [0.2, 0.25) is 0 Å². The molecule has 1 unspecified atom stereocenters. The zero-order valence-corrected chi connectivity index (χ0v) is 15.9. The van der Waals surface area contributed by atoms with Crippen LogP contribution in [-0.2, 0) is 4.79 Å². The fourth-order valence-corrected chi connectivity index (χ4v) is 3.68. The average Bonchev–Trinajstić information content (AvgIpc) is 2.52. The van der Waals surface area contributed by atoms with E-state index in [9.17, 15) is 4.79 Å². The van der Waals surface area contributed by atoms with E-state index in [1.807, 2.05) is 6.07 Å². The van der Waals surface area contributed by atoms with Crippen molar-refractivity contribution in [2.24, 2.45) is 0 Å². The van der Waals surface area contributed by atoms with Crippen molar-refractivity contribution in [1.82, 2.24) is 5.32 Å². The third-order valence-corrected chi connectivity index (χ3v) is 5.12. The summed E-state index contributed by atoms with van der Waals surface area (Å²) in [6.07, 6.45) is 5.01. The molecule has 2 N–H and O–H groups in total. The van der Waals surface area contributed by atoms with Gasteiger partial charge in [-0.2, -0.15) is 0 Å². The Hall–Kier alpha value is -0.780. The van der Waals surface area contributed by atoms with E-state index < -0.39 is 0 Å². The minimum absolute atomic E-state index is 0.00563. The molecule has 2 rings (SSSR count). The van der Waals surface area contributed by atoms with E-state index in [0.717, 1.165) is 23.5 Å². The number of piperidine rings is 1. The number of rotatable bonds is 7. The van der Waals surface area contributed by atoms with Crippen molar-refractivity contribution in [3.8, 4) is 5.75 Å². The Morgan fingerprint density at radius 2 is 2.30 bits per heavy atom. The number of carbonyl (C=O) groups is 1. The molecule has 2 atom stereocenters. The van der Waals surface area contributed by atoms with Crippen molar-refractivity contribution >= 4 is 33.4 Å². The minimum atomic E-state index is -0.106. The van der Waals surface area contributed by atoms with Gasteiger partial charge in [-0.3, -0.25) is 4.79 Å². The number of amides is 1. The Morgan fingerprint density at radius 1 is 1.48 bits per heavy atom. The van der Waals surface area contributed by atoms with Crippen molar-refractivity contribution in [1.29, 1.82) is 0 Å². The molecule has 1 amide bonds. The Labute approximate surface area is 151 Å². The van der Waals surface area contributed by atoms with Gasteiger partial charge in [-0.25, -0.2) is 0 Å². The lowest BCUT2D eigenvalue weighted by molar-refractivity contribution is -0.928. The minimum Gasteiger partial charge on any atom is -0.482 e. The van der Waals surface area contributed by atoms with Crippen LogP contribution in [0.1, 0.15) is 32.6 Å². The van der Waals surface area contributed by atoms with E-state index in [1.54, 1.807) is 17.0 Å². The largest absolute Gasteiger partial charge is 0.482 e. The second-order valence-corrected chi connectivity index (χ2v) is 7.44. The van der Waals surface area contributed by atoms with E-state index in [1.165, 1.54) is 25.8 Å². The van der Waals surface area contributed by atoms with E-state index in [-0.39, 0.29) is 12.5 Å². The van der Waals surface area contributed by atoms with Crippen LogP contribution >= 0.6 is 27.5 Å². The van der Waals surface area contributed by atoms with Crippen molar-refractivity contribution < 1.29 is 14.4 Å². The van der Waals surface area contributed by atoms with Gasteiger partial charge >= 0.3 is 0 Å². The van der Waals surface area contributed by atoms with Crippen LogP contribution in [0.25, 0.3) is 0 Å². The molecule has 1 aromatic rings. The van der Waals surface area contributed by atoms with Gasteiger partial charge in [0.1, 0.15) is 5.75 Å². The Bertz CT molecular complexity index is 527. The second kappa shape index (κ2) is 9.50. The molecule has 0 aliphatic carbocycles. The summed E-state index contributed by atoms with van der Waals surface area (Å²) < 4.78 is 6.33. The van der Waals surface area contributed by atoms with Crippen LogP contribution in [0.4, 0.5) is 0 Å². The highest BCUT2D eigenvalue weighted by molar-refractivity contribution is 9.10. The first-order valence-corrected chi connectivity index (χ1v) is 9.42. The predicted molar refractivity (Wildman–Crippen MR) is 96.3 cm³/mol. The fraction of sp³-hybridized carbons (Fsp3) is 0.588. The highest BCUT2D eigenvalue weighted by atomic mass is 79.9. The molecule has 0 radical (unpaired) electrons. The summed E-state index contributed by atoms with van der Waals surface area (Å²) in [4.78, 5) is 13.5. The van der Waals surface area contributed by atoms with Crippen molar-refractivity contribution in [3.05, 3.63) is 27.7 Å². The number of quaternary nitrogens is 1. The first-order chi connectivity index (χ1) is 11.1. The SMILES string of the molecule is C[C@@H]1CCCC[NH+]1CCCNC(=O)COc1ccc(Br)cc1Cl. The maximum absolute atomic E-state index is 11.8. The number of hydrogen-bond donors (Lipinski definition) is 2. The van der Waals surface area contributed by atoms with Crippen molar-refractivity contribution in [2.75, 3.05) is 26.2 Å². The standard InChI is InChI=1S/C17H24BrClN2O2/c1-13-5-2-3-9-21(13)10-4-8-20-17(22)12-23-16-7-6-14(18)11-15(16)19/h6-7,11,13H,2-5,8-10,12H2,1H3,(H,20,22)/p+1/t13-/m1/s1. The molecule has 0 saturated carbocycles. The Morgan fingerprint density at radius 3 is 3.04 bits per heavy atom. The molecule has 0 spiro atoms. The topological polar surface area (TPSA) is 42.8 Å². The predicted octanol–water partition coefficient (Wildman–Crippen LogP) is 2.44. The molecule has 1 fully saturated rings. The molecule has 23 heavy (non-hydrogen) atoms. The zero-order chi connectivity index (χ0) is 16.7. The summed E-state index contributed by atoms with van der Waals surface area (Å²) >= 11 is 9.38. The summed E-state index contributed by atoms with van der Waals surface area (Å²) in [7, 11) is 0. The first kappa shape index (κ1) is 18.6. The number of ether oxygens (including phenoxy) is 1. The van der Waals surface area contributed by atoms with Crippen LogP contribution in [0.5, 0.6) is 5.75 Å². The number of likely N-dealkylation sites (tertiary alicyclic amines) is 1. The molecule has 1 aliphatic rings. The fourth-order valence-electron chi connectivity index (χ4n) is 2.95.